The third-order valence-corrected chi connectivity index (χ3v) is 2.84. The van der Waals surface area contributed by atoms with Gasteiger partial charge in [0.2, 0.25) is 0 Å². The van der Waals surface area contributed by atoms with Crippen molar-refractivity contribution in [3.8, 4) is 0 Å². The minimum absolute atomic E-state index is 0.314. The largest absolute Gasteiger partial charge is 0.363 e. The van der Waals surface area contributed by atoms with E-state index in [4.69, 9.17) is 0 Å². The summed E-state index contributed by atoms with van der Waals surface area (Å²) in [7, 11) is 0. The summed E-state index contributed by atoms with van der Waals surface area (Å²) in [5.74, 6) is -0.632. The van der Waals surface area contributed by atoms with Crippen LogP contribution in [0.15, 0.2) is 42.5 Å². The number of rotatable bonds is 1. The number of nitrogens with zero attached hydrogens (tertiary/aromatic N) is 1. The highest BCUT2D eigenvalue weighted by atomic mass is 19.1. The Morgan fingerprint density at radius 1 is 0.882 bits per heavy atom. The van der Waals surface area contributed by atoms with Crippen LogP contribution in [0.4, 0.5) is 25.8 Å². The van der Waals surface area contributed by atoms with Crippen molar-refractivity contribution < 1.29 is 8.78 Å². The molecule has 0 aliphatic carbocycles. The van der Waals surface area contributed by atoms with Crippen LogP contribution < -0.4 is 10.2 Å². The maximum Gasteiger partial charge on any atom is 0.148 e. The minimum atomic E-state index is -0.318. The Hall–Kier alpha value is -2.10. The van der Waals surface area contributed by atoms with Crippen LogP contribution in [0, 0.1) is 11.6 Å². The number of anilines is 3. The molecule has 1 aliphatic rings. The van der Waals surface area contributed by atoms with Crippen molar-refractivity contribution in [1.82, 2.24) is 0 Å². The van der Waals surface area contributed by atoms with Crippen LogP contribution in [-0.4, -0.2) is 6.67 Å². The Morgan fingerprint density at radius 3 is 2.41 bits per heavy atom. The van der Waals surface area contributed by atoms with Crippen molar-refractivity contribution in [3.63, 3.8) is 0 Å². The van der Waals surface area contributed by atoms with Gasteiger partial charge in [0, 0.05) is 0 Å². The summed E-state index contributed by atoms with van der Waals surface area (Å²) >= 11 is 0. The summed E-state index contributed by atoms with van der Waals surface area (Å²) in [5, 5.41) is 2.93. The van der Waals surface area contributed by atoms with Crippen molar-refractivity contribution >= 4 is 17.1 Å². The zero-order valence-corrected chi connectivity index (χ0v) is 8.95. The fourth-order valence-electron chi connectivity index (χ4n) is 2.04. The molecule has 2 nitrogen and oxygen atoms in total. The molecule has 4 heteroatoms. The van der Waals surface area contributed by atoms with Crippen molar-refractivity contribution in [1.29, 1.82) is 0 Å². The normalized spacial score (nSPS) is 13.4. The van der Waals surface area contributed by atoms with Gasteiger partial charge in [-0.3, -0.25) is 0 Å². The van der Waals surface area contributed by atoms with Crippen LogP contribution in [-0.2, 0) is 0 Å². The first kappa shape index (κ1) is 10.1. The zero-order valence-electron chi connectivity index (χ0n) is 8.95. The van der Waals surface area contributed by atoms with Gasteiger partial charge in [-0.1, -0.05) is 18.2 Å². The van der Waals surface area contributed by atoms with Crippen LogP contribution in [0.3, 0.4) is 0 Å². The first-order valence-corrected chi connectivity index (χ1v) is 5.32. The Morgan fingerprint density at radius 2 is 1.59 bits per heavy atom. The van der Waals surface area contributed by atoms with E-state index in [2.05, 4.69) is 5.32 Å². The number of nitrogens with one attached hydrogen (secondary N) is 1. The lowest BCUT2D eigenvalue weighted by Crippen LogP contribution is -2.17. The van der Waals surface area contributed by atoms with E-state index in [-0.39, 0.29) is 11.6 Å². The molecule has 0 saturated heterocycles. The topological polar surface area (TPSA) is 15.3 Å². The molecule has 0 saturated carbocycles. The standard InChI is InChI=1S/C13H10F2N2/c14-9-4-1-2-6-11(9)17-8-16-13-10(15)5-3-7-12(13)17/h1-7,16H,8H2. The van der Waals surface area contributed by atoms with Crippen molar-refractivity contribution in [2.75, 3.05) is 16.9 Å². The number of fused-ring (bicyclic) bond motifs is 1. The molecule has 86 valence electrons. The summed E-state index contributed by atoms with van der Waals surface area (Å²) in [5.41, 5.74) is 1.54. The van der Waals surface area contributed by atoms with Gasteiger partial charge in [0.05, 0.1) is 23.7 Å². The quantitative estimate of drug-likeness (QED) is 0.809. The van der Waals surface area contributed by atoms with Gasteiger partial charge in [-0.15, -0.1) is 0 Å². The molecule has 0 fully saturated rings. The number of halogens is 2. The van der Waals surface area contributed by atoms with Crippen molar-refractivity contribution in [3.05, 3.63) is 54.1 Å². The van der Waals surface area contributed by atoms with Gasteiger partial charge < -0.3 is 10.2 Å². The summed E-state index contributed by atoms with van der Waals surface area (Å²) < 4.78 is 27.2. The van der Waals surface area contributed by atoms with E-state index in [1.54, 1.807) is 35.2 Å². The zero-order chi connectivity index (χ0) is 11.8. The molecule has 0 aromatic heterocycles. The molecule has 0 unspecified atom stereocenters. The Labute approximate surface area is 97.5 Å². The second-order valence-electron chi connectivity index (χ2n) is 3.85. The Kier molecular flexibility index (Phi) is 2.21. The lowest BCUT2D eigenvalue weighted by Gasteiger charge is -2.18. The van der Waals surface area contributed by atoms with Gasteiger partial charge in [0.25, 0.3) is 0 Å². The number of para-hydroxylation sites is 2. The minimum Gasteiger partial charge on any atom is -0.363 e. The van der Waals surface area contributed by atoms with Gasteiger partial charge >= 0.3 is 0 Å². The maximum absolute atomic E-state index is 13.7. The predicted octanol–water partition coefficient (Wildman–Crippen LogP) is 3.49. The number of hydrogen-bond donors (Lipinski definition) is 1. The van der Waals surface area contributed by atoms with Gasteiger partial charge in [-0.2, -0.15) is 0 Å². The molecule has 17 heavy (non-hydrogen) atoms. The van der Waals surface area contributed by atoms with E-state index in [1.807, 2.05) is 0 Å². The average Bonchev–Trinajstić information content (AvgIpc) is 2.75. The van der Waals surface area contributed by atoms with Gasteiger partial charge in [-0.25, -0.2) is 8.78 Å². The molecule has 0 amide bonds. The molecule has 0 atom stereocenters. The first-order valence-electron chi connectivity index (χ1n) is 5.32. The van der Waals surface area contributed by atoms with E-state index < -0.39 is 0 Å². The lowest BCUT2D eigenvalue weighted by molar-refractivity contribution is 0.626. The summed E-state index contributed by atoms with van der Waals surface area (Å²) in [6.07, 6.45) is 0. The monoisotopic (exact) mass is 232 g/mol. The van der Waals surface area contributed by atoms with Gasteiger partial charge in [-0.05, 0) is 24.3 Å². The Balaban J connectivity index is 2.11. The summed E-state index contributed by atoms with van der Waals surface area (Å²) in [4.78, 5) is 1.72. The molecule has 1 N–H and O–H groups in total. The van der Waals surface area contributed by atoms with Crippen LogP contribution >= 0.6 is 0 Å². The van der Waals surface area contributed by atoms with Crippen molar-refractivity contribution in [2.45, 2.75) is 0 Å². The molecule has 1 heterocycles. The molecule has 1 aliphatic heterocycles. The maximum atomic E-state index is 13.7. The molecular formula is C13H10F2N2. The fraction of sp³-hybridized carbons (Fsp3) is 0.0769. The molecule has 0 radical (unpaired) electrons. The highest BCUT2D eigenvalue weighted by Gasteiger charge is 2.24. The van der Waals surface area contributed by atoms with E-state index in [1.165, 1.54) is 12.1 Å². The van der Waals surface area contributed by atoms with E-state index in [9.17, 15) is 8.78 Å². The van der Waals surface area contributed by atoms with Crippen molar-refractivity contribution in [2.24, 2.45) is 0 Å². The SMILES string of the molecule is Fc1ccccc1N1CNc2c(F)cccc21. The molecule has 0 bridgehead atoms. The molecule has 3 rings (SSSR count). The third-order valence-electron chi connectivity index (χ3n) is 2.84. The van der Waals surface area contributed by atoms with Gasteiger partial charge in [0.15, 0.2) is 0 Å². The fourth-order valence-corrected chi connectivity index (χ4v) is 2.04. The molecule has 2 aromatic rings. The smallest absolute Gasteiger partial charge is 0.148 e. The number of hydrogen-bond acceptors (Lipinski definition) is 2. The number of benzene rings is 2. The van der Waals surface area contributed by atoms with E-state index in [0.717, 1.165) is 0 Å². The van der Waals surface area contributed by atoms with Crippen LogP contribution in [0.1, 0.15) is 0 Å². The Bertz CT molecular complexity index is 569. The van der Waals surface area contributed by atoms with E-state index >= 15 is 0 Å². The van der Waals surface area contributed by atoms with Crippen LogP contribution in [0.5, 0.6) is 0 Å². The second-order valence-corrected chi connectivity index (χ2v) is 3.85. The predicted molar refractivity (Wildman–Crippen MR) is 63.4 cm³/mol. The van der Waals surface area contributed by atoms with Crippen LogP contribution in [0.25, 0.3) is 0 Å². The second kappa shape index (κ2) is 3.73. The lowest BCUT2D eigenvalue weighted by atomic mass is 10.2. The van der Waals surface area contributed by atoms with Crippen LogP contribution in [0.2, 0.25) is 0 Å². The molecule has 2 aromatic carbocycles. The average molecular weight is 232 g/mol. The highest BCUT2D eigenvalue weighted by molar-refractivity contribution is 5.81. The summed E-state index contributed by atoms with van der Waals surface area (Å²) in [6, 6.07) is 11.2. The van der Waals surface area contributed by atoms with E-state index in [0.29, 0.717) is 23.7 Å². The summed E-state index contributed by atoms with van der Waals surface area (Å²) in [6.45, 7) is 0.372. The molecular weight excluding hydrogens is 222 g/mol. The highest BCUT2D eigenvalue weighted by Crippen LogP contribution is 2.38. The molecule has 0 spiro atoms. The van der Waals surface area contributed by atoms with Gasteiger partial charge in [0.1, 0.15) is 11.6 Å². The third kappa shape index (κ3) is 1.53. The first-order chi connectivity index (χ1) is 8.27.